The van der Waals surface area contributed by atoms with Crippen LogP contribution in [0.25, 0.3) is 22.2 Å². The van der Waals surface area contributed by atoms with Gasteiger partial charge in [0.15, 0.2) is 0 Å². The minimum absolute atomic E-state index is 0.445. The minimum Gasteiger partial charge on any atom is -0.313 e. The molecule has 1 heterocycles. The number of fused-ring (bicyclic) bond motifs is 1. The second-order valence-corrected chi connectivity index (χ2v) is 8.70. The molecule has 4 rings (SSSR count). The summed E-state index contributed by atoms with van der Waals surface area (Å²) in [7, 11) is 0. The number of pyridine rings is 1. The van der Waals surface area contributed by atoms with E-state index in [2.05, 4.69) is 57.1 Å². The van der Waals surface area contributed by atoms with Gasteiger partial charge in [-0.1, -0.05) is 73.6 Å². The maximum Gasteiger partial charge on any atom is 0.366 e. The lowest BCUT2D eigenvalue weighted by Gasteiger charge is -2.10. The van der Waals surface area contributed by atoms with Gasteiger partial charge in [0.2, 0.25) is 0 Å². The molecule has 4 heteroatoms. The summed E-state index contributed by atoms with van der Waals surface area (Å²) < 4.78 is 0. The summed E-state index contributed by atoms with van der Waals surface area (Å²) in [6.07, 6.45) is 0. The summed E-state index contributed by atoms with van der Waals surface area (Å²) in [5.74, 6) is -0.0440. The summed E-state index contributed by atoms with van der Waals surface area (Å²) in [6, 6.07) is 23.7. The van der Waals surface area contributed by atoms with E-state index in [4.69, 9.17) is 9.82 Å². The smallest absolute Gasteiger partial charge is 0.313 e. The van der Waals surface area contributed by atoms with Crippen molar-refractivity contribution in [3.8, 4) is 11.3 Å². The largest absolute Gasteiger partial charge is 0.366 e. The number of para-hydroxylation sites is 1. The quantitative estimate of drug-likeness (QED) is 0.188. The lowest BCUT2D eigenvalue weighted by Crippen LogP contribution is -2.06. The molecule has 0 bridgehead atoms. The Kier molecular flexibility index (Phi) is 6.36. The summed E-state index contributed by atoms with van der Waals surface area (Å²) in [4.78, 5) is 23.3. The predicted octanol–water partition coefficient (Wildman–Crippen LogP) is 7.22. The van der Waals surface area contributed by atoms with Crippen molar-refractivity contribution >= 4 is 22.6 Å². The number of aromatic nitrogens is 1. The third-order valence-corrected chi connectivity index (χ3v) is 6.00. The van der Waals surface area contributed by atoms with Gasteiger partial charge in [-0.3, -0.25) is 0 Å². The molecule has 0 aliphatic heterocycles. The minimum atomic E-state index is -0.503. The van der Waals surface area contributed by atoms with Gasteiger partial charge in [-0.15, -0.1) is 0 Å². The first kappa shape index (κ1) is 22.4. The van der Waals surface area contributed by atoms with Crippen LogP contribution >= 0.6 is 0 Å². The van der Waals surface area contributed by atoms with Crippen LogP contribution in [0.4, 0.5) is 0 Å². The average molecular weight is 437 g/mol. The zero-order chi connectivity index (χ0) is 23.5. The van der Waals surface area contributed by atoms with Crippen LogP contribution in [0.2, 0.25) is 0 Å². The van der Waals surface area contributed by atoms with Crippen molar-refractivity contribution in [1.29, 1.82) is 0 Å². The first-order valence-corrected chi connectivity index (χ1v) is 11.2. The number of hydrogen-bond acceptors (Lipinski definition) is 4. The summed E-state index contributed by atoms with van der Waals surface area (Å²) in [5, 5.41) is 4.87. The molecule has 4 aromatic rings. The van der Waals surface area contributed by atoms with Gasteiger partial charge < -0.3 is 4.84 Å². The van der Waals surface area contributed by atoms with Crippen molar-refractivity contribution in [3.05, 3.63) is 101 Å². The standard InChI is InChI=1S/C29H28N2O2/c1-18(2)22-12-14-23(15-13-22)21(5)31-33-29(32)26-17-28(24-11-10-19(3)20(4)16-24)30-27-9-7-6-8-25(26)27/h6-18H,1-5H3/b31-21+. The molecule has 0 aliphatic carbocycles. The average Bonchev–Trinajstić information content (AvgIpc) is 2.83. The van der Waals surface area contributed by atoms with Gasteiger partial charge in [-0.2, -0.15) is 0 Å². The van der Waals surface area contributed by atoms with E-state index in [0.717, 1.165) is 27.7 Å². The summed E-state index contributed by atoms with van der Waals surface area (Å²) >= 11 is 0. The molecule has 0 saturated heterocycles. The van der Waals surface area contributed by atoms with Gasteiger partial charge in [0.25, 0.3) is 0 Å². The van der Waals surface area contributed by atoms with E-state index in [-0.39, 0.29) is 0 Å². The van der Waals surface area contributed by atoms with Gasteiger partial charge in [0.05, 0.1) is 22.5 Å². The molecule has 3 aromatic carbocycles. The van der Waals surface area contributed by atoms with Crippen molar-refractivity contribution in [2.75, 3.05) is 0 Å². The van der Waals surface area contributed by atoms with Crippen LogP contribution in [0.3, 0.4) is 0 Å². The fourth-order valence-corrected chi connectivity index (χ4v) is 3.71. The van der Waals surface area contributed by atoms with Crippen molar-refractivity contribution in [1.82, 2.24) is 4.98 Å². The number of carbonyl (C=O) groups excluding carboxylic acids is 1. The van der Waals surface area contributed by atoms with E-state index < -0.39 is 5.97 Å². The number of nitrogens with zero attached hydrogens (tertiary/aromatic N) is 2. The monoisotopic (exact) mass is 436 g/mol. The Morgan fingerprint density at radius 3 is 2.33 bits per heavy atom. The van der Waals surface area contributed by atoms with Crippen molar-refractivity contribution < 1.29 is 9.63 Å². The third-order valence-electron chi connectivity index (χ3n) is 6.00. The highest BCUT2D eigenvalue weighted by atomic mass is 16.7. The fourth-order valence-electron chi connectivity index (χ4n) is 3.71. The highest BCUT2D eigenvalue weighted by molar-refractivity contribution is 6.05. The molecule has 0 atom stereocenters. The lowest BCUT2D eigenvalue weighted by molar-refractivity contribution is 0.0518. The first-order valence-electron chi connectivity index (χ1n) is 11.2. The number of hydrogen-bond donors (Lipinski definition) is 0. The van der Waals surface area contributed by atoms with E-state index in [1.54, 1.807) is 6.07 Å². The highest BCUT2D eigenvalue weighted by Crippen LogP contribution is 2.27. The van der Waals surface area contributed by atoms with E-state index in [1.807, 2.05) is 49.4 Å². The molecule has 0 N–H and O–H groups in total. The predicted molar refractivity (Wildman–Crippen MR) is 135 cm³/mol. The van der Waals surface area contributed by atoms with Crippen molar-refractivity contribution in [3.63, 3.8) is 0 Å². The van der Waals surface area contributed by atoms with Gasteiger partial charge in [0.1, 0.15) is 0 Å². The first-order chi connectivity index (χ1) is 15.8. The van der Waals surface area contributed by atoms with Gasteiger partial charge >= 0.3 is 5.97 Å². The van der Waals surface area contributed by atoms with Crippen LogP contribution in [0.5, 0.6) is 0 Å². The second-order valence-electron chi connectivity index (χ2n) is 8.70. The summed E-state index contributed by atoms with van der Waals surface area (Å²) in [6.45, 7) is 10.3. The molecule has 33 heavy (non-hydrogen) atoms. The van der Waals surface area contributed by atoms with Crippen LogP contribution in [0.1, 0.15) is 59.3 Å². The normalized spacial score (nSPS) is 11.8. The molecule has 0 aliphatic rings. The number of rotatable bonds is 5. The van der Waals surface area contributed by atoms with Crippen molar-refractivity contribution in [2.24, 2.45) is 5.16 Å². The maximum atomic E-state index is 13.1. The topological polar surface area (TPSA) is 51.5 Å². The molecule has 0 amide bonds. The zero-order valence-corrected chi connectivity index (χ0v) is 19.7. The Balaban J connectivity index is 1.67. The Hall–Kier alpha value is -3.79. The number of oxime groups is 1. The molecule has 0 spiro atoms. The van der Waals surface area contributed by atoms with Crippen LogP contribution in [0.15, 0.2) is 78.0 Å². The number of aryl methyl sites for hydroxylation is 2. The van der Waals surface area contributed by atoms with Crippen LogP contribution in [-0.4, -0.2) is 16.7 Å². The van der Waals surface area contributed by atoms with E-state index >= 15 is 0 Å². The molecular weight excluding hydrogens is 408 g/mol. The Bertz CT molecular complexity index is 1350. The molecule has 166 valence electrons. The third kappa shape index (κ3) is 4.85. The molecular formula is C29H28N2O2. The van der Waals surface area contributed by atoms with Gasteiger partial charge in [-0.25, -0.2) is 9.78 Å². The molecule has 0 unspecified atom stereocenters. The lowest BCUT2D eigenvalue weighted by atomic mass is 10.0. The Morgan fingerprint density at radius 1 is 0.909 bits per heavy atom. The molecule has 0 fully saturated rings. The van der Waals surface area contributed by atoms with Crippen LogP contribution < -0.4 is 0 Å². The second kappa shape index (κ2) is 9.37. The Labute approximate surface area is 194 Å². The van der Waals surface area contributed by atoms with Crippen LogP contribution in [0, 0.1) is 13.8 Å². The van der Waals surface area contributed by atoms with Crippen molar-refractivity contribution in [2.45, 2.75) is 40.5 Å². The molecule has 4 nitrogen and oxygen atoms in total. The van der Waals surface area contributed by atoms with E-state index in [1.165, 1.54) is 16.7 Å². The molecule has 0 saturated carbocycles. The zero-order valence-electron chi connectivity index (χ0n) is 19.7. The number of carbonyl (C=O) groups is 1. The fraction of sp³-hybridized carbons (Fsp3) is 0.207. The SMILES string of the molecule is C/C(=N\OC(=O)c1cc(-c2ccc(C)c(C)c2)nc2ccccc12)c1ccc(C(C)C)cc1. The van der Waals surface area contributed by atoms with E-state index in [0.29, 0.717) is 17.2 Å². The molecule has 1 aromatic heterocycles. The maximum absolute atomic E-state index is 13.1. The number of benzene rings is 3. The van der Waals surface area contributed by atoms with Crippen LogP contribution in [-0.2, 0) is 4.84 Å². The molecule has 0 radical (unpaired) electrons. The summed E-state index contributed by atoms with van der Waals surface area (Å²) in [5.41, 5.74) is 8.09. The van der Waals surface area contributed by atoms with Gasteiger partial charge in [0, 0.05) is 10.9 Å². The highest BCUT2D eigenvalue weighted by Gasteiger charge is 2.16. The van der Waals surface area contributed by atoms with E-state index in [9.17, 15) is 4.79 Å². The van der Waals surface area contributed by atoms with Gasteiger partial charge in [-0.05, 0) is 67.1 Å². The Morgan fingerprint density at radius 2 is 1.64 bits per heavy atom.